The van der Waals surface area contributed by atoms with Gasteiger partial charge in [0.2, 0.25) is 0 Å². The first kappa shape index (κ1) is 9.93. The van der Waals surface area contributed by atoms with Crippen molar-refractivity contribution in [3.8, 4) is 0 Å². The van der Waals surface area contributed by atoms with Gasteiger partial charge in [0.15, 0.2) is 5.13 Å². The van der Waals surface area contributed by atoms with Gasteiger partial charge in [-0.3, -0.25) is 0 Å². The lowest BCUT2D eigenvalue weighted by atomic mass is 10.0. The molecule has 0 unspecified atom stereocenters. The van der Waals surface area contributed by atoms with E-state index in [4.69, 9.17) is 0 Å². The summed E-state index contributed by atoms with van der Waals surface area (Å²) >= 11 is 1.74. The summed E-state index contributed by atoms with van der Waals surface area (Å²) in [4.78, 5) is 6.89. The number of hydrogen-bond acceptors (Lipinski definition) is 4. The van der Waals surface area contributed by atoms with Crippen molar-refractivity contribution in [2.24, 2.45) is 0 Å². The van der Waals surface area contributed by atoms with Crippen molar-refractivity contribution < 1.29 is 0 Å². The molecule has 14 heavy (non-hydrogen) atoms. The molecule has 0 aliphatic carbocycles. The van der Waals surface area contributed by atoms with E-state index in [0.717, 1.165) is 30.5 Å². The van der Waals surface area contributed by atoms with Crippen LogP contribution in [-0.4, -0.2) is 30.2 Å². The molecular weight excluding hydrogens is 194 g/mol. The predicted octanol–water partition coefficient (Wildman–Crippen LogP) is 1.64. The van der Waals surface area contributed by atoms with E-state index in [0.29, 0.717) is 0 Å². The van der Waals surface area contributed by atoms with Crippen molar-refractivity contribution in [3.05, 3.63) is 11.1 Å². The molecule has 1 aliphatic rings. The standard InChI is InChI=1S/C10H17N3S/c1-8-6-14-9(12-8)13-5-4-11-10(2,3)7-13/h6,11H,4-5,7H2,1-3H3. The molecule has 1 aromatic heterocycles. The lowest BCUT2D eigenvalue weighted by molar-refractivity contribution is 0.353. The minimum Gasteiger partial charge on any atom is -0.345 e. The molecule has 1 aliphatic heterocycles. The van der Waals surface area contributed by atoms with Crippen LogP contribution in [0.15, 0.2) is 5.38 Å². The molecule has 4 heteroatoms. The molecule has 0 radical (unpaired) electrons. The summed E-state index contributed by atoms with van der Waals surface area (Å²) in [5.41, 5.74) is 1.33. The first-order valence-electron chi connectivity index (χ1n) is 4.99. The number of aromatic nitrogens is 1. The Morgan fingerprint density at radius 3 is 2.93 bits per heavy atom. The molecule has 0 aromatic carbocycles. The molecular formula is C10H17N3S. The Bertz CT molecular complexity index is 319. The molecule has 78 valence electrons. The molecule has 0 spiro atoms. The van der Waals surface area contributed by atoms with Gasteiger partial charge >= 0.3 is 0 Å². The highest BCUT2D eigenvalue weighted by Crippen LogP contribution is 2.23. The second-order valence-electron chi connectivity index (χ2n) is 4.50. The quantitative estimate of drug-likeness (QED) is 0.765. The van der Waals surface area contributed by atoms with Crippen LogP contribution in [0.5, 0.6) is 0 Å². The van der Waals surface area contributed by atoms with Gasteiger partial charge in [-0.2, -0.15) is 0 Å². The van der Waals surface area contributed by atoms with Gasteiger partial charge in [0.05, 0.1) is 5.69 Å². The number of thiazole rings is 1. The van der Waals surface area contributed by atoms with E-state index in [1.54, 1.807) is 11.3 Å². The maximum atomic E-state index is 4.52. The van der Waals surface area contributed by atoms with Gasteiger partial charge < -0.3 is 10.2 Å². The van der Waals surface area contributed by atoms with Crippen LogP contribution in [0.1, 0.15) is 19.5 Å². The molecule has 0 amide bonds. The van der Waals surface area contributed by atoms with Crippen molar-refractivity contribution in [3.63, 3.8) is 0 Å². The smallest absolute Gasteiger partial charge is 0.185 e. The molecule has 3 nitrogen and oxygen atoms in total. The van der Waals surface area contributed by atoms with Gasteiger partial charge in [0, 0.05) is 30.6 Å². The first-order chi connectivity index (χ1) is 6.57. The van der Waals surface area contributed by atoms with Crippen molar-refractivity contribution in [1.82, 2.24) is 10.3 Å². The Kier molecular flexibility index (Phi) is 2.49. The number of rotatable bonds is 1. The lowest BCUT2D eigenvalue weighted by Crippen LogP contribution is -2.57. The summed E-state index contributed by atoms with van der Waals surface area (Å²) in [7, 11) is 0. The van der Waals surface area contributed by atoms with E-state index in [9.17, 15) is 0 Å². The summed E-state index contributed by atoms with van der Waals surface area (Å²) in [5.74, 6) is 0. The summed E-state index contributed by atoms with van der Waals surface area (Å²) < 4.78 is 0. The van der Waals surface area contributed by atoms with Crippen LogP contribution in [0.25, 0.3) is 0 Å². The molecule has 2 rings (SSSR count). The van der Waals surface area contributed by atoms with E-state index in [2.05, 4.69) is 34.4 Å². The molecule has 1 aromatic rings. The largest absolute Gasteiger partial charge is 0.345 e. The topological polar surface area (TPSA) is 28.2 Å². The van der Waals surface area contributed by atoms with Crippen LogP contribution in [-0.2, 0) is 0 Å². The van der Waals surface area contributed by atoms with Crippen molar-refractivity contribution in [2.45, 2.75) is 26.3 Å². The summed E-state index contributed by atoms with van der Waals surface area (Å²) in [6.45, 7) is 9.68. The maximum Gasteiger partial charge on any atom is 0.185 e. The highest BCUT2D eigenvalue weighted by molar-refractivity contribution is 7.13. The average Bonchev–Trinajstić information content (AvgIpc) is 2.50. The molecule has 0 bridgehead atoms. The van der Waals surface area contributed by atoms with Crippen molar-refractivity contribution >= 4 is 16.5 Å². The fourth-order valence-electron chi connectivity index (χ4n) is 1.79. The second-order valence-corrected chi connectivity index (χ2v) is 5.34. The zero-order valence-electron chi connectivity index (χ0n) is 9.00. The van der Waals surface area contributed by atoms with Gasteiger partial charge in [0.25, 0.3) is 0 Å². The van der Waals surface area contributed by atoms with Gasteiger partial charge in [-0.15, -0.1) is 11.3 Å². The minimum atomic E-state index is 0.206. The van der Waals surface area contributed by atoms with E-state index in [-0.39, 0.29) is 5.54 Å². The molecule has 1 saturated heterocycles. The number of piperazine rings is 1. The van der Waals surface area contributed by atoms with Gasteiger partial charge in [-0.1, -0.05) is 0 Å². The minimum absolute atomic E-state index is 0.206. The highest BCUT2D eigenvalue weighted by atomic mass is 32.1. The number of nitrogens with zero attached hydrogens (tertiary/aromatic N) is 2. The zero-order valence-corrected chi connectivity index (χ0v) is 9.82. The summed E-state index contributed by atoms with van der Waals surface area (Å²) in [5, 5.41) is 6.78. The molecule has 0 saturated carbocycles. The lowest BCUT2D eigenvalue weighted by Gasteiger charge is -2.38. The average molecular weight is 211 g/mol. The second kappa shape index (κ2) is 3.51. The van der Waals surface area contributed by atoms with E-state index in [1.165, 1.54) is 0 Å². The van der Waals surface area contributed by atoms with E-state index < -0.39 is 0 Å². The Balaban J connectivity index is 2.12. The van der Waals surface area contributed by atoms with Gasteiger partial charge in [-0.05, 0) is 20.8 Å². The Morgan fingerprint density at radius 2 is 2.36 bits per heavy atom. The van der Waals surface area contributed by atoms with Gasteiger partial charge in [-0.25, -0.2) is 4.98 Å². The first-order valence-corrected chi connectivity index (χ1v) is 5.87. The summed E-state index contributed by atoms with van der Waals surface area (Å²) in [6, 6.07) is 0. The zero-order chi connectivity index (χ0) is 10.2. The van der Waals surface area contributed by atoms with E-state index >= 15 is 0 Å². The third-order valence-electron chi connectivity index (χ3n) is 2.45. The number of hydrogen-bond donors (Lipinski definition) is 1. The summed E-state index contributed by atoms with van der Waals surface area (Å²) in [6.07, 6.45) is 0. The Hall–Kier alpha value is -0.610. The SMILES string of the molecule is Cc1csc(N2CCNC(C)(C)C2)n1. The predicted molar refractivity (Wildman–Crippen MR) is 61.1 cm³/mol. The van der Waals surface area contributed by atoms with Gasteiger partial charge in [0.1, 0.15) is 0 Å². The maximum absolute atomic E-state index is 4.52. The Morgan fingerprint density at radius 1 is 1.57 bits per heavy atom. The normalized spacial score (nSPS) is 21.2. The molecule has 1 N–H and O–H groups in total. The van der Waals surface area contributed by atoms with Crippen LogP contribution >= 0.6 is 11.3 Å². The van der Waals surface area contributed by atoms with Crippen molar-refractivity contribution in [2.75, 3.05) is 24.5 Å². The molecule has 0 atom stereocenters. The molecule has 1 fully saturated rings. The van der Waals surface area contributed by atoms with Crippen LogP contribution in [0, 0.1) is 6.92 Å². The fourth-order valence-corrected chi connectivity index (χ4v) is 2.62. The molecule has 2 heterocycles. The highest BCUT2D eigenvalue weighted by Gasteiger charge is 2.26. The number of aryl methyl sites for hydroxylation is 1. The van der Waals surface area contributed by atoms with Crippen molar-refractivity contribution in [1.29, 1.82) is 0 Å². The monoisotopic (exact) mass is 211 g/mol. The third-order valence-corrected chi connectivity index (χ3v) is 3.47. The number of anilines is 1. The Labute approximate surface area is 89.1 Å². The fraction of sp³-hybridized carbons (Fsp3) is 0.700. The van der Waals surface area contributed by atoms with Crippen LogP contribution < -0.4 is 10.2 Å². The van der Waals surface area contributed by atoms with E-state index in [1.807, 2.05) is 6.92 Å². The van der Waals surface area contributed by atoms with Crippen LogP contribution in [0.4, 0.5) is 5.13 Å². The number of nitrogens with one attached hydrogen (secondary N) is 1. The van der Waals surface area contributed by atoms with Crippen LogP contribution in [0.2, 0.25) is 0 Å². The van der Waals surface area contributed by atoms with Crippen LogP contribution in [0.3, 0.4) is 0 Å². The third kappa shape index (κ3) is 2.07.